The molecule has 0 fully saturated rings. The highest BCUT2D eigenvalue weighted by atomic mass is 16.6. The summed E-state index contributed by atoms with van der Waals surface area (Å²) in [5.41, 5.74) is 2.49. The van der Waals surface area contributed by atoms with E-state index in [0.29, 0.717) is 0 Å². The molecule has 2 aromatic carbocycles. The van der Waals surface area contributed by atoms with Crippen molar-refractivity contribution in [1.82, 2.24) is 9.88 Å². The molecule has 31 heavy (non-hydrogen) atoms. The molecule has 3 rings (SSSR count). The number of rotatable bonds is 8. The third-order valence-corrected chi connectivity index (χ3v) is 5.33. The average Bonchev–Trinajstić information content (AvgIpc) is 3.17. The number of amides is 1. The Kier molecular flexibility index (Phi) is 6.80. The number of methoxy groups -OCH3 is 1. The summed E-state index contributed by atoms with van der Waals surface area (Å²) >= 11 is 0. The number of nitrogens with one attached hydrogen (secondary N) is 1. The van der Waals surface area contributed by atoms with Crippen LogP contribution in [0.1, 0.15) is 25.0 Å². The summed E-state index contributed by atoms with van der Waals surface area (Å²) in [6.45, 7) is 8.19. The first-order chi connectivity index (χ1) is 14.9. The van der Waals surface area contributed by atoms with Crippen LogP contribution in [0.5, 0.6) is 0 Å². The number of hydrogen-bond donors (Lipinski definition) is 1. The molecule has 0 aliphatic heterocycles. The van der Waals surface area contributed by atoms with Gasteiger partial charge in [0.25, 0.3) is 0 Å². The number of para-hydroxylation sites is 1. The minimum absolute atomic E-state index is 0.118. The molecule has 3 aromatic rings. The first-order valence-corrected chi connectivity index (χ1v) is 10.1. The molecule has 1 atom stereocenters. The van der Waals surface area contributed by atoms with E-state index in [1.165, 1.54) is 7.11 Å². The zero-order valence-electron chi connectivity index (χ0n) is 18.1. The van der Waals surface area contributed by atoms with E-state index in [0.717, 1.165) is 22.0 Å². The van der Waals surface area contributed by atoms with E-state index in [2.05, 4.69) is 30.3 Å². The second-order valence-corrected chi connectivity index (χ2v) is 7.89. The summed E-state index contributed by atoms with van der Waals surface area (Å²) < 4.78 is 12.3. The molecule has 6 heteroatoms. The van der Waals surface area contributed by atoms with Crippen LogP contribution in [0.25, 0.3) is 10.9 Å². The zero-order valence-corrected chi connectivity index (χ0v) is 18.1. The van der Waals surface area contributed by atoms with E-state index in [1.54, 1.807) is 0 Å². The van der Waals surface area contributed by atoms with Crippen LogP contribution in [0.4, 0.5) is 4.79 Å². The molecule has 0 saturated carbocycles. The monoisotopic (exact) mass is 420 g/mol. The van der Waals surface area contributed by atoms with Gasteiger partial charge in [0.15, 0.2) is 0 Å². The van der Waals surface area contributed by atoms with Gasteiger partial charge in [-0.2, -0.15) is 0 Å². The summed E-state index contributed by atoms with van der Waals surface area (Å²) in [5, 5.41) is 3.65. The van der Waals surface area contributed by atoms with Crippen molar-refractivity contribution in [1.29, 1.82) is 0 Å². The van der Waals surface area contributed by atoms with Crippen LogP contribution < -0.4 is 5.32 Å². The van der Waals surface area contributed by atoms with E-state index in [1.807, 2.05) is 66.9 Å². The average molecular weight is 421 g/mol. The molecule has 1 heterocycles. The third kappa shape index (κ3) is 5.15. The Morgan fingerprint density at radius 2 is 1.81 bits per heavy atom. The fraction of sp³-hybridized carbons (Fsp3) is 0.280. The molecule has 0 radical (unpaired) electrons. The smallest absolute Gasteiger partial charge is 0.408 e. The van der Waals surface area contributed by atoms with Crippen molar-refractivity contribution in [2.75, 3.05) is 7.11 Å². The molecular formula is C25H28N2O4. The van der Waals surface area contributed by atoms with Crippen molar-refractivity contribution in [3.8, 4) is 0 Å². The van der Waals surface area contributed by atoms with E-state index >= 15 is 0 Å². The molecule has 6 nitrogen and oxygen atoms in total. The lowest BCUT2D eigenvalue weighted by Gasteiger charge is -2.24. The molecule has 0 aliphatic rings. The predicted molar refractivity (Wildman–Crippen MR) is 121 cm³/mol. The summed E-state index contributed by atoms with van der Waals surface area (Å²) in [6, 6.07) is 16.4. The van der Waals surface area contributed by atoms with E-state index < -0.39 is 18.1 Å². The summed E-state index contributed by atoms with van der Waals surface area (Å²) in [6.07, 6.45) is 3.47. The van der Waals surface area contributed by atoms with Gasteiger partial charge in [-0.05, 0) is 31.0 Å². The van der Waals surface area contributed by atoms with Crippen LogP contribution in [0.2, 0.25) is 0 Å². The number of allylic oxidation sites excluding steroid dienone is 1. The van der Waals surface area contributed by atoms with Crippen molar-refractivity contribution in [3.63, 3.8) is 0 Å². The second-order valence-electron chi connectivity index (χ2n) is 7.89. The van der Waals surface area contributed by atoms with Gasteiger partial charge in [-0.3, -0.25) is 0 Å². The van der Waals surface area contributed by atoms with Gasteiger partial charge in [0.05, 0.1) is 12.6 Å². The Hall–Kier alpha value is -3.54. The molecule has 0 unspecified atom stereocenters. The lowest BCUT2D eigenvalue weighted by Crippen LogP contribution is -2.43. The Balaban J connectivity index is 1.81. The van der Waals surface area contributed by atoms with Crippen molar-refractivity contribution >= 4 is 23.0 Å². The van der Waals surface area contributed by atoms with Gasteiger partial charge in [-0.15, -0.1) is 6.58 Å². The first kappa shape index (κ1) is 22.2. The number of esters is 1. The van der Waals surface area contributed by atoms with Gasteiger partial charge in [0.1, 0.15) is 12.6 Å². The number of nitrogens with zero attached hydrogens (tertiary/aromatic N) is 1. The van der Waals surface area contributed by atoms with E-state index in [-0.39, 0.29) is 18.6 Å². The van der Waals surface area contributed by atoms with E-state index in [9.17, 15) is 9.59 Å². The van der Waals surface area contributed by atoms with Gasteiger partial charge in [0, 0.05) is 23.5 Å². The maximum atomic E-state index is 12.4. The first-order valence-electron chi connectivity index (χ1n) is 10.1. The van der Waals surface area contributed by atoms with Crippen LogP contribution in [-0.4, -0.2) is 29.8 Å². The van der Waals surface area contributed by atoms with Crippen molar-refractivity contribution < 1.29 is 19.1 Å². The van der Waals surface area contributed by atoms with Crippen LogP contribution in [0.3, 0.4) is 0 Å². The summed E-state index contributed by atoms with van der Waals surface area (Å²) in [5.74, 6) is -0.531. The van der Waals surface area contributed by atoms with Crippen molar-refractivity contribution in [2.45, 2.75) is 38.5 Å². The highest BCUT2D eigenvalue weighted by molar-refractivity contribution is 5.87. The molecule has 1 amide bonds. The largest absolute Gasteiger partial charge is 0.467 e. The highest BCUT2D eigenvalue weighted by Crippen LogP contribution is 2.29. The van der Waals surface area contributed by atoms with Crippen LogP contribution in [0, 0.1) is 0 Å². The van der Waals surface area contributed by atoms with E-state index in [4.69, 9.17) is 9.47 Å². The summed E-state index contributed by atoms with van der Waals surface area (Å²) in [7, 11) is 1.30. The standard InChI is InChI=1S/C25H28N2O4/c1-5-25(2,3)27-16-19(20-13-9-10-14-22(20)27)15-21(23(28)30-4)26-24(29)31-17-18-11-7-6-8-12-18/h5-14,16,21H,1,15,17H2,2-4H3,(H,26,29)/t21-/m0/s1. The zero-order chi connectivity index (χ0) is 22.4. The van der Waals surface area contributed by atoms with Crippen LogP contribution in [-0.2, 0) is 32.8 Å². The Bertz CT molecular complexity index is 1070. The Labute approximate surface area is 182 Å². The number of alkyl carbamates (subject to hydrolysis) is 1. The minimum Gasteiger partial charge on any atom is -0.467 e. The van der Waals surface area contributed by atoms with Gasteiger partial charge >= 0.3 is 12.1 Å². The number of fused-ring (bicyclic) bond motifs is 1. The molecule has 1 N–H and O–H groups in total. The molecule has 162 valence electrons. The fourth-order valence-corrected chi connectivity index (χ4v) is 3.45. The molecule has 0 aliphatic carbocycles. The van der Waals surface area contributed by atoms with Crippen LogP contribution in [0.15, 0.2) is 73.4 Å². The van der Waals surface area contributed by atoms with Gasteiger partial charge in [0.2, 0.25) is 0 Å². The number of carbonyl (C=O) groups excluding carboxylic acids is 2. The fourth-order valence-electron chi connectivity index (χ4n) is 3.45. The van der Waals surface area contributed by atoms with Crippen LogP contribution >= 0.6 is 0 Å². The number of hydrogen-bond acceptors (Lipinski definition) is 4. The Morgan fingerprint density at radius 1 is 1.13 bits per heavy atom. The second kappa shape index (κ2) is 9.51. The SMILES string of the molecule is C=CC(C)(C)n1cc(C[C@H](NC(=O)OCc2ccccc2)C(=O)OC)c2ccccc21. The highest BCUT2D eigenvalue weighted by Gasteiger charge is 2.26. The predicted octanol–water partition coefficient (Wildman–Crippen LogP) is 4.57. The lowest BCUT2D eigenvalue weighted by molar-refractivity contribution is -0.142. The number of carbonyl (C=O) groups is 2. The van der Waals surface area contributed by atoms with Crippen molar-refractivity contribution in [3.05, 3.63) is 84.6 Å². The molecule has 0 bridgehead atoms. The number of aromatic nitrogens is 1. The quantitative estimate of drug-likeness (QED) is 0.428. The minimum atomic E-state index is -0.876. The number of benzene rings is 2. The molecule has 0 spiro atoms. The third-order valence-electron chi connectivity index (χ3n) is 5.33. The molecular weight excluding hydrogens is 392 g/mol. The topological polar surface area (TPSA) is 69.6 Å². The summed E-state index contributed by atoms with van der Waals surface area (Å²) in [4.78, 5) is 24.8. The van der Waals surface area contributed by atoms with Crippen molar-refractivity contribution in [2.24, 2.45) is 0 Å². The maximum Gasteiger partial charge on any atom is 0.408 e. The van der Waals surface area contributed by atoms with Gasteiger partial charge < -0.3 is 19.4 Å². The maximum absolute atomic E-state index is 12.4. The van der Waals surface area contributed by atoms with Gasteiger partial charge in [-0.25, -0.2) is 9.59 Å². The van der Waals surface area contributed by atoms with Gasteiger partial charge in [-0.1, -0.05) is 54.6 Å². The lowest BCUT2D eigenvalue weighted by atomic mass is 10.1. The molecule has 1 aromatic heterocycles. The Morgan fingerprint density at radius 3 is 2.48 bits per heavy atom. The number of ether oxygens (including phenoxy) is 2. The molecule has 0 saturated heterocycles. The normalized spacial score (nSPS) is 12.2.